The Hall–Kier alpha value is -2.54. The number of thiazole rings is 1. The van der Waals surface area contributed by atoms with Crippen LogP contribution in [0, 0.1) is 6.92 Å². The third kappa shape index (κ3) is 2.43. The van der Waals surface area contributed by atoms with Crippen LogP contribution in [0.3, 0.4) is 0 Å². The molecule has 2 aromatic heterocycles. The molecule has 1 amide bonds. The van der Waals surface area contributed by atoms with Crippen LogP contribution >= 0.6 is 11.3 Å². The van der Waals surface area contributed by atoms with Crippen molar-refractivity contribution in [2.75, 3.05) is 5.32 Å². The van der Waals surface area contributed by atoms with E-state index >= 15 is 0 Å². The molecule has 0 saturated heterocycles. The zero-order valence-corrected chi connectivity index (χ0v) is 11.4. The summed E-state index contributed by atoms with van der Waals surface area (Å²) in [4.78, 5) is 20.3. The van der Waals surface area contributed by atoms with Crippen molar-refractivity contribution < 1.29 is 4.79 Å². The van der Waals surface area contributed by atoms with E-state index in [1.54, 1.807) is 11.3 Å². The topological polar surface area (TPSA) is 83.6 Å². The lowest BCUT2D eigenvalue weighted by Crippen LogP contribution is -2.14. The Morgan fingerprint density at radius 2 is 2.20 bits per heavy atom. The minimum absolute atomic E-state index is 0.175. The first-order chi connectivity index (χ1) is 9.74. The van der Waals surface area contributed by atoms with Gasteiger partial charge in [-0.1, -0.05) is 18.2 Å². The maximum absolute atomic E-state index is 12.0. The summed E-state index contributed by atoms with van der Waals surface area (Å²) in [5, 5.41) is 12.0. The van der Waals surface area contributed by atoms with E-state index in [2.05, 4.69) is 25.5 Å². The Morgan fingerprint density at radius 3 is 2.90 bits per heavy atom. The average Bonchev–Trinajstić information content (AvgIpc) is 3.10. The fraction of sp³-hybridized carbons (Fsp3) is 0.0769. The molecule has 0 atom stereocenters. The molecule has 20 heavy (non-hydrogen) atoms. The van der Waals surface area contributed by atoms with Crippen LogP contribution in [0.25, 0.3) is 11.3 Å². The maximum Gasteiger partial charge on any atom is 0.292 e. The second kappa shape index (κ2) is 5.22. The second-order valence-electron chi connectivity index (χ2n) is 4.09. The van der Waals surface area contributed by atoms with E-state index in [0.29, 0.717) is 5.69 Å². The molecule has 3 aromatic rings. The average molecular weight is 285 g/mol. The van der Waals surface area contributed by atoms with Gasteiger partial charge in [-0.25, -0.2) is 9.97 Å². The molecule has 0 spiro atoms. The molecule has 0 radical (unpaired) electrons. The van der Waals surface area contributed by atoms with E-state index in [9.17, 15) is 4.79 Å². The third-order valence-corrected chi connectivity index (χ3v) is 3.47. The number of anilines is 1. The Morgan fingerprint density at radius 1 is 1.35 bits per heavy atom. The smallest absolute Gasteiger partial charge is 0.292 e. The first-order valence-electron chi connectivity index (χ1n) is 5.92. The van der Waals surface area contributed by atoms with Crippen LogP contribution < -0.4 is 5.32 Å². The molecule has 2 heterocycles. The molecule has 0 saturated carbocycles. The summed E-state index contributed by atoms with van der Waals surface area (Å²) >= 11 is 1.57. The fourth-order valence-corrected chi connectivity index (χ4v) is 2.41. The summed E-state index contributed by atoms with van der Waals surface area (Å²) in [6.07, 6.45) is 1.30. The van der Waals surface area contributed by atoms with Gasteiger partial charge in [-0.2, -0.15) is 5.10 Å². The molecule has 0 aliphatic heterocycles. The van der Waals surface area contributed by atoms with Crippen molar-refractivity contribution in [1.29, 1.82) is 0 Å². The number of para-hydroxylation sites is 1. The molecule has 0 bridgehead atoms. The highest BCUT2D eigenvalue weighted by molar-refractivity contribution is 7.09. The van der Waals surface area contributed by atoms with E-state index in [0.717, 1.165) is 16.3 Å². The number of rotatable bonds is 3. The van der Waals surface area contributed by atoms with Crippen molar-refractivity contribution in [3.63, 3.8) is 0 Å². The van der Waals surface area contributed by atoms with Gasteiger partial charge in [0, 0.05) is 10.9 Å². The predicted molar refractivity (Wildman–Crippen MR) is 76.6 cm³/mol. The Labute approximate surface area is 118 Å². The van der Waals surface area contributed by atoms with E-state index in [4.69, 9.17) is 0 Å². The molecule has 100 valence electrons. The van der Waals surface area contributed by atoms with Crippen molar-refractivity contribution in [3.05, 3.63) is 46.8 Å². The van der Waals surface area contributed by atoms with Gasteiger partial charge in [0.15, 0.2) is 0 Å². The molecule has 0 fully saturated rings. The van der Waals surface area contributed by atoms with Crippen molar-refractivity contribution >= 4 is 22.9 Å². The first kappa shape index (κ1) is 12.5. The maximum atomic E-state index is 12.0. The van der Waals surface area contributed by atoms with Crippen molar-refractivity contribution in [2.24, 2.45) is 0 Å². The molecule has 1 aromatic carbocycles. The lowest BCUT2D eigenvalue weighted by molar-refractivity contribution is 0.101. The summed E-state index contributed by atoms with van der Waals surface area (Å²) in [6, 6.07) is 7.52. The van der Waals surface area contributed by atoms with E-state index < -0.39 is 0 Å². The van der Waals surface area contributed by atoms with Crippen LogP contribution in [0.5, 0.6) is 0 Å². The van der Waals surface area contributed by atoms with Gasteiger partial charge in [-0.05, 0) is 13.0 Å². The molecule has 2 N–H and O–H groups in total. The van der Waals surface area contributed by atoms with Crippen LogP contribution in [0.2, 0.25) is 0 Å². The minimum Gasteiger partial charge on any atom is -0.319 e. The van der Waals surface area contributed by atoms with Gasteiger partial charge < -0.3 is 5.32 Å². The van der Waals surface area contributed by atoms with Crippen LogP contribution in [-0.2, 0) is 0 Å². The number of nitrogens with zero attached hydrogens (tertiary/aromatic N) is 3. The van der Waals surface area contributed by atoms with Crippen LogP contribution in [-0.4, -0.2) is 26.1 Å². The standard InChI is InChI=1S/C13H11N5OS/c1-8-16-11(6-20-8)9-4-2-3-5-10(9)17-13(19)12-14-7-15-18-12/h2-7H,1H3,(H,17,19)(H,14,15,18). The van der Waals surface area contributed by atoms with E-state index in [1.165, 1.54) is 6.33 Å². The summed E-state index contributed by atoms with van der Waals surface area (Å²) < 4.78 is 0. The molecule has 3 rings (SSSR count). The molecular weight excluding hydrogens is 274 g/mol. The number of H-pyrrole nitrogens is 1. The molecular formula is C13H11N5OS. The summed E-state index contributed by atoms with van der Waals surface area (Å²) in [7, 11) is 0. The van der Waals surface area contributed by atoms with Gasteiger partial charge in [-0.15, -0.1) is 11.3 Å². The van der Waals surface area contributed by atoms with Crippen LogP contribution in [0.1, 0.15) is 15.6 Å². The normalized spacial score (nSPS) is 10.4. The summed E-state index contributed by atoms with van der Waals surface area (Å²) in [5.41, 5.74) is 2.42. The number of carbonyl (C=O) groups is 1. The van der Waals surface area contributed by atoms with Gasteiger partial charge in [-0.3, -0.25) is 9.89 Å². The van der Waals surface area contributed by atoms with Crippen molar-refractivity contribution in [1.82, 2.24) is 20.2 Å². The van der Waals surface area contributed by atoms with Gasteiger partial charge in [0.05, 0.1) is 16.4 Å². The summed E-state index contributed by atoms with van der Waals surface area (Å²) in [5.74, 6) is -0.156. The van der Waals surface area contributed by atoms with Gasteiger partial charge in [0.1, 0.15) is 6.33 Å². The third-order valence-electron chi connectivity index (χ3n) is 2.70. The van der Waals surface area contributed by atoms with Crippen LogP contribution in [0.15, 0.2) is 36.0 Å². The number of nitrogens with one attached hydrogen (secondary N) is 2. The zero-order valence-electron chi connectivity index (χ0n) is 10.6. The fourth-order valence-electron chi connectivity index (χ4n) is 1.80. The molecule has 0 aliphatic rings. The highest BCUT2D eigenvalue weighted by atomic mass is 32.1. The van der Waals surface area contributed by atoms with Crippen LogP contribution in [0.4, 0.5) is 5.69 Å². The number of hydrogen-bond acceptors (Lipinski definition) is 5. The predicted octanol–water partition coefficient (Wildman–Crippen LogP) is 2.49. The number of benzene rings is 1. The second-order valence-corrected chi connectivity index (χ2v) is 5.15. The lowest BCUT2D eigenvalue weighted by Gasteiger charge is -2.08. The number of amides is 1. The Balaban J connectivity index is 1.92. The van der Waals surface area contributed by atoms with Gasteiger partial charge in [0.2, 0.25) is 5.82 Å². The van der Waals surface area contributed by atoms with E-state index in [1.807, 2.05) is 36.6 Å². The van der Waals surface area contributed by atoms with E-state index in [-0.39, 0.29) is 11.7 Å². The number of aryl methyl sites for hydroxylation is 1. The monoisotopic (exact) mass is 285 g/mol. The molecule has 6 nitrogen and oxygen atoms in total. The largest absolute Gasteiger partial charge is 0.319 e. The SMILES string of the molecule is Cc1nc(-c2ccccc2NC(=O)c2ncn[nH]2)cs1. The molecule has 0 unspecified atom stereocenters. The highest BCUT2D eigenvalue weighted by Crippen LogP contribution is 2.28. The van der Waals surface area contributed by atoms with Gasteiger partial charge >= 0.3 is 0 Å². The lowest BCUT2D eigenvalue weighted by atomic mass is 10.1. The number of hydrogen-bond donors (Lipinski definition) is 2. The Bertz CT molecular complexity index is 735. The number of carbonyl (C=O) groups excluding carboxylic acids is 1. The first-order valence-corrected chi connectivity index (χ1v) is 6.80. The summed E-state index contributed by atoms with van der Waals surface area (Å²) in [6.45, 7) is 1.95. The molecule has 7 heteroatoms. The number of aromatic nitrogens is 4. The minimum atomic E-state index is -0.332. The van der Waals surface area contributed by atoms with Crippen molar-refractivity contribution in [3.8, 4) is 11.3 Å². The Kier molecular flexibility index (Phi) is 3.26. The quantitative estimate of drug-likeness (QED) is 0.774. The number of aromatic amines is 1. The highest BCUT2D eigenvalue weighted by Gasteiger charge is 2.13. The van der Waals surface area contributed by atoms with Gasteiger partial charge in [0.25, 0.3) is 5.91 Å². The van der Waals surface area contributed by atoms with Crippen molar-refractivity contribution in [2.45, 2.75) is 6.92 Å². The molecule has 0 aliphatic carbocycles. The zero-order chi connectivity index (χ0) is 13.9.